The molecule has 23 heavy (non-hydrogen) atoms. The zero-order chi connectivity index (χ0) is 16.0. The van der Waals surface area contributed by atoms with Gasteiger partial charge in [-0.3, -0.25) is 9.59 Å². The minimum Gasteiger partial charge on any atom is -0.497 e. The minimum atomic E-state index is -0.223. The number of carbonyl (C=O) groups is 2. The van der Waals surface area contributed by atoms with Gasteiger partial charge in [0.05, 0.1) is 7.11 Å². The largest absolute Gasteiger partial charge is 0.497 e. The normalized spacial score (nSPS) is 12.7. The molecule has 2 aromatic carbocycles. The Hall–Kier alpha value is -3.35. The van der Waals surface area contributed by atoms with Gasteiger partial charge in [-0.05, 0) is 35.5 Å². The number of methoxy groups -OCH3 is 1. The summed E-state index contributed by atoms with van der Waals surface area (Å²) < 4.78 is 5.14. The lowest BCUT2D eigenvalue weighted by atomic mass is 9.83. The highest BCUT2D eigenvalue weighted by Crippen LogP contribution is 2.31. The van der Waals surface area contributed by atoms with Gasteiger partial charge in [0.15, 0.2) is 11.6 Å². The molecule has 7 nitrogen and oxygen atoms in total. The van der Waals surface area contributed by atoms with E-state index in [0.717, 1.165) is 0 Å². The maximum absolute atomic E-state index is 12.8. The van der Waals surface area contributed by atoms with Crippen LogP contribution < -0.4 is 4.74 Å². The van der Waals surface area contributed by atoms with Crippen LogP contribution in [0.4, 0.5) is 0 Å². The monoisotopic (exact) mass is 306 g/mol. The summed E-state index contributed by atoms with van der Waals surface area (Å²) in [7, 11) is 1.51. The number of H-pyrrole nitrogens is 1. The van der Waals surface area contributed by atoms with Crippen molar-refractivity contribution in [2.24, 2.45) is 0 Å². The first kappa shape index (κ1) is 13.3. The van der Waals surface area contributed by atoms with E-state index >= 15 is 0 Å². The number of ether oxygens (including phenoxy) is 1. The molecule has 0 aliphatic heterocycles. The SMILES string of the molecule is COc1ccc2c(c1)C(=O)c1cc(-c3nn[nH]n3)ccc1C2=O. The smallest absolute Gasteiger partial charge is 0.204 e. The van der Waals surface area contributed by atoms with Gasteiger partial charge >= 0.3 is 0 Å². The molecule has 1 aliphatic rings. The Bertz CT molecular complexity index is 948. The van der Waals surface area contributed by atoms with Gasteiger partial charge in [0, 0.05) is 27.8 Å². The molecule has 0 saturated carbocycles. The van der Waals surface area contributed by atoms with Crippen LogP contribution in [0.1, 0.15) is 31.8 Å². The minimum absolute atomic E-state index is 0.183. The van der Waals surface area contributed by atoms with Crippen molar-refractivity contribution in [3.63, 3.8) is 0 Å². The van der Waals surface area contributed by atoms with Crippen molar-refractivity contribution in [3.05, 3.63) is 58.7 Å². The fourth-order valence-electron chi connectivity index (χ4n) is 2.68. The Morgan fingerprint density at radius 2 is 1.61 bits per heavy atom. The number of fused-ring (bicyclic) bond motifs is 2. The third kappa shape index (κ3) is 1.94. The van der Waals surface area contributed by atoms with Crippen molar-refractivity contribution in [1.82, 2.24) is 20.6 Å². The summed E-state index contributed by atoms with van der Waals surface area (Å²) in [5, 5.41) is 13.6. The molecule has 0 fully saturated rings. The number of nitrogens with one attached hydrogen (secondary N) is 1. The van der Waals surface area contributed by atoms with Crippen molar-refractivity contribution < 1.29 is 14.3 Å². The van der Waals surface area contributed by atoms with Crippen LogP contribution in [0.25, 0.3) is 11.4 Å². The van der Waals surface area contributed by atoms with E-state index in [-0.39, 0.29) is 11.6 Å². The average Bonchev–Trinajstić information content (AvgIpc) is 3.13. The fraction of sp³-hybridized carbons (Fsp3) is 0.0625. The Morgan fingerprint density at radius 3 is 2.30 bits per heavy atom. The lowest BCUT2D eigenvalue weighted by Gasteiger charge is -2.18. The van der Waals surface area contributed by atoms with Crippen molar-refractivity contribution in [2.45, 2.75) is 0 Å². The van der Waals surface area contributed by atoms with Gasteiger partial charge in [0.25, 0.3) is 0 Å². The molecule has 112 valence electrons. The number of ketones is 2. The average molecular weight is 306 g/mol. The van der Waals surface area contributed by atoms with Gasteiger partial charge in [0.1, 0.15) is 5.75 Å². The highest BCUT2D eigenvalue weighted by molar-refractivity contribution is 6.28. The summed E-state index contributed by atoms with van der Waals surface area (Å²) in [5.74, 6) is 0.489. The van der Waals surface area contributed by atoms with Crippen molar-refractivity contribution in [2.75, 3.05) is 7.11 Å². The first-order valence-electron chi connectivity index (χ1n) is 6.84. The van der Waals surface area contributed by atoms with Gasteiger partial charge in [-0.15, -0.1) is 10.2 Å². The number of rotatable bonds is 2. The lowest BCUT2D eigenvalue weighted by Crippen LogP contribution is -2.21. The predicted octanol–water partition coefficient (Wildman–Crippen LogP) is 1.65. The Balaban J connectivity index is 1.90. The number of aromatic amines is 1. The number of hydrogen-bond acceptors (Lipinski definition) is 6. The van der Waals surface area contributed by atoms with Crippen LogP contribution in [0.3, 0.4) is 0 Å². The van der Waals surface area contributed by atoms with Gasteiger partial charge < -0.3 is 4.74 Å². The number of carbonyl (C=O) groups excluding carboxylic acids is 2. The van der Waals surface area contributed by atoms with Crippen LogP contribution in [-0.4, -0.2) is 39.3 Å². The topological polar surface area (TPSA) is 97.8 Å². The molecule has 4 rings (SSSR count). The molecule has 0 amide bonds. The van der Waals surface area contributed by atoms with E-state index in [0.29, 0.717) is 39.4 Å². The molecule has 1 aliphatic carbocycles. The Labute approximate surface area is 130 Å². The fourth-order valence-corrected chi connectivity index (χ4v) is 2.68. The number of aromatic nitrogens is 4. The summed E-state index contributed by atoms with van der Waals surface area (Å²) in [6.07, 6.45) is 0. The number of nitrogens with zero attached hydrogens (tertiary/aromatic N) is 3. The van der Waals surface area contributed by atoms with Gasteiger partial charge in [0.2, 0.25) is 5.82 Å². The molecule has 0 atom stereocenters. The van der Waals surface area contributed by atoms with Crippen LogP contribution in [0.5, 0.6) is 5.75 Å². The molecule has 7 heteroatoms. The highest BCUT2D eigenvalue weighted by Gasteiger charge is 2.30. The zero-order valence-electron chi connectivity index (χ0n) is 12.0. The second-order valence-corrected chi connectivity index (χ2v) is 5.07. The van der Waals surface area contributed by atoms with E-state index in [1.165, 1.54) is 7.11 Å². The molecule has 0 unspecified atom stereocenters. The van der Waals surface area contributed by atoms with Crippen LogP contribution in [-0.2, 0) is 0 Å². The van der Waals surface area contributed by atoms with Crippen molar-refractivity contribution >= 4 is 11.6 Å². The van der Waals surface area contributed by atoms with Crippen molar-refractivity contribution in [1.29, 1.82) is 0 Å². The summed E-state index contributed by atoms with van der Waals surface area (Å²) in [6, 6.07) is 9.80. The number of tetrazole rings is 1. The van der Waals surface area contributed by atoms with Gasteiger partial charge in [-0.25, -0.2) is 0 Å². The molecule has 3 aromatic rings. The lowest BCUT2D eigenvalue weighted by molar-refractivity contribution is 0.0979. The summed E-state index contributed by atoms with van der Waals surface area (Å²) in [4.78, 5) is 25.4. The van der Waals surface area contributed by atoms with E-state index in [4.69, 9.17) is 4.74 Å². The maximum atomic E-state index is 12.8. The number of benzene rings is 2. The zero-order valence-corrected chi connectivity index (χ0v) is 12.0. The second kappa shape index (κ2) is 4.84. The van der Waals surface area contributed by atoms with Crippen LogP contribution in [0.15, 0.2) is 36.4 Å². The van der Waals surface area contributed by atoms with E-state index < -0.39 is 0 Å². The molecule has 0 spiro atoms. The Kier molecular flexibility index (Phi) is 2.80. The van der Waals surface area contributed by atoms with Crippen LogP contribution in [0, 0.1) is 0 Å². The first-order valence-corrected chi connectivity index (χ1v) is 6.84. The van der Waals surface area contributed by atoms with Crippen molar-refractivity contribution in [3.8, 4) is 17.1 Å². The molecule has 0 saturated heterocycles. The molecule has 1 heterocycles. The molecule has 0 bridgehead atoms. The maximum Gasteiger partial charge on any atom is 0.204 e. The van der Waals surface area contributed by atoms with E-state index in [1.807, 2.05) is 0 Å². The standard InChI is InChI=1S/C16H10N4O3/c1-23-9-3-5-11-13(7-9)15(22)12-6-8(16-17-19-20-18-16)2-4-10(12)14(11)21/h2-7H,1H3,(H,17,18,19,20). The van der Waals surface area contributed by atoms with Crippen LogP contribution >= 0.6 is 0 Å². The third-order valence-corrected chi connectivity index (χ3v) is 3.83. The Morgan fingerprint density at radius 1 is 0.913 bits per heavy atom. The van der Waals surface area contributed by atoms with E-state index in [1.54, 1.807) is 36.4 Å². The summed E-state index contributed by atoms with van der Waals surface area (Å²) in [5.41, 5.74) is 2.05. The van der Waals surface area contributed by atoms with Gasteiger partial charge in [-0.2, -0.15) is 5.21 Å². The first-order chi connectivity index (χ1) is 11.2. The molecule has 0 radical (unpaired) electrons. The summed E-state index contributed by atoms with van der Waals surface area (Å²) >= 11 is 0. The predicted molar refractivity (Wildman–Crippen MR) is 79.5 cm³/mol. The second-order valence-electron chi connectivity index (χ2n) is 5.07. The van der Waals surface area contributed by atoms with Gasteiger partial charge in [-0.1, -0.05) is 6.07 Å². The highest BCUT2D eigenvalue weighted by atomic mass is 16.5. The molecule has 1 aromatic heterocycles. The van der Waals surface area contributed by atoms with Crippen LogP contribution in [0.2, 0.25) is 0 Å². The number of hydrogen-bond donors (Lipinski definition) is 1. The molecular formula is C16H10N4O3. The third-order valence-electron chi connectivity index (χ3n) is 3.83. The molecular weight excluding hydrogens is 296 g/mol. The summed E-state index contributed by atoms with van der Waals surface area (Å²) in [6.45, 7) is 0. The molecule has 1 N–H and O–H groups in total. The van der Waals surface area contributed by atoms with E-state index in [2.05, 4.69) is 20.6 Å². The quantitative estimate of drug-likeness (QED) is 0.604. The van der Waals surface area contributed by atoms with E-state index in [9.17, 15) is 9.59 Å².